The third-order valence-corrected chi connectivity index (χ3v) is 5.00. The lowest BCUT2D eigenvalue weighted by molar-refractivity contribution is 0.171. The third kappa shape index (κ3) is 3.13. The first-order valence-electron chi connectivity index (χ1n) is 6.96. The fraction of sp³-hybridized carbons (Fsp3) is 0.400. The van der Waals surface area contributed by atoms with Crippen LogP contribution in [0, 0.1) is 0 Å². The first-order valence-corrected chi connectivity index (χ1v) is 8.66. The Morgan fingerprint density at radius 1 is 1.27 bits per heavy atom. The highest BCUT2D eigenvalue weighted by molar-refractivity contribution is 7.84. The van der Waals surface area contributed by atoms with E-state index in [1.165, 1.54) is 0 Å². The summed E-state index contributed by atoms with van der Waals surface area (Å²) in [4.78, 5) is 4.66. The molecule has 1 aliphatic rings. The SMILES string of the molecule is CC(C)c1cnc(CS(=O)c2cc3c(cc2Cl)OCCO3)o1. The van der Waals surface area contributed by atoms with Crippen LogP contribution in [-0.2, 0) is 16.6 Å². The average Bonchev–Trinajstić information content (AvgIpc) is 2.95. The van der Waals surface area contributed by atoms with Crippen molar-refractivity contribution < 1.29 is 18.1 Å². The fourth-order valence-electron chi connectivity index (χ4n) is 2.07. The maximum atomic E-state index is 12.5. The zero-order valence-corrected chi connectivity index (χ0v) is 13.9. The van der Waals surface area contributed by atoms with Gasteiger partial charge in [0.1, 0.15) is 24.7 Å². The van der Waals surface area contributed by atoms with E-state index in [0.29, 0.717) is 40.5 Å². The molecule has 1 aromatic heterocycles. The molecule has 1 atom stereocenters. The van der Waals surface area contributed by atoms with Gasteiger partial charge in [0, 0.05) is 18.1 Å². The van der Waals surface area contributed by atoms with E-state index in [1.807, 2.05) is 13.8 Å². The van der Waals surface area contributed by atoms with Crippen LogP contribution in [0.2, 0.25) is 5.02 Å². The number of halogens is 1. The van der Waals surface area contributed by atoms with E-state index < -0.39 is 10.8 Å². The molecule has 1 aliphatic heterocycles. The molecule has 0 saturated heterocycles. The Bertz CT molecular complexity index is 714. The predicted octanol–water partition coefficient (Wildman–Crippen LogP) is 3.53. The molecule has 2 aromatic rings. The van der Waals surface area contributed by atoms with Crippen molar-refractivity contribution in [1.82, 2.24) is 4.98 Å². The zero-order valence-electron chi connectivity index (χ0n) is 12.3. The van der Waals surface area contributed by atoms with Crippen molar-refractivity contribution in [2.24, 2.45) is 0 Å². The minimum atomic E-state index is -1.37. The topological polar surface area (TPSA) is 61.6 Å². The Hall–Kier alpha value is -1.53. The number of rotatable bonds is 4. The summed E-state index contributed by atoms with van der Waals surface area (Å²) in [5.74, 6) is 2.77. The van der Waals surface area contributed by atoms with Crippen LogP contribution in [-0.4, -0.2) is 22.4 Å². The van der Waals surface area contributed by atoms with Crippen LogP contribution < -0.4 is 9.47 Å². The van der Waals surface area contributed by atoms with Gasteiger partial charge >= 0.3 is 0 Å². The molecule has 5 nitrogen and oxygen atoms in total. The first-order chi connectivity index (χ1) is 10.5. The molecule has 3 rings (SSSR count). The quantitative estimate of drug-likeness (QED) is 0.851. The molecule has 0 aliphatic carbocycles. The van der Waals surface area contributed by atoms with Gasteiger partial charge in [-0.25, -0.2) is 4.98 Å². The van der Waals surface area contributed by atoms with Gasteiger partial charge in [-0.05, 0) is 0 Å². The lowest BCUT2D eigenvalue weighted by Crippen LogP contribution is -2.15. The number of fused-ring (bicyclic) bond motifs is 1. The molecule has 118 valence electrons. The van der Waals surface area contributed by atoms with Crippen LogP contribution in [0.4, 0.5) is 0 Å². The maximum absolute atomic E-state index is 12.5. The standard InChI is InChI=1S/C15H16ClNO4S/c1-9(2)13-7-17-15(21-13)8-22(18)14-6-12-11(5-10(14)16)19-3-4-20-12/h5-7,9H,3-4,8H2,1-2H3. The minimum Gasteiger partial charge on any atom is -0.486 e. The van der Waals surface area contributed by atoms with Crippen molar-refractivity contribution in [3.8, 4) is 11.5 Å². The highest BCUT2D eigenvalue weighted by Gasteiger charge is 2.20. The second-order valence-corrected chi connectivity index (χ2v) is 7.05. The normalized spacial score (nSPS) is 15.1. The molecule has 0 saturated carbocycles. The summed E-state index contributed by atoms with van der Waals surface area (Å²) < 4.78 is 29.1. The van der Waals surface area contributed by atoms with E-state index in [-0.39, 0.29) is 11.7 Å². The molecule has 22 heavy (non-hydrogen) atoms. The number of hydrogen-bond acceptors (Lipinski definition) is 5. The largest absolute Gasteiger partial charge is 0.486 e. The van der Waals surface area contributed by atoms with Crippen LogP contribution >= 0.6 is 11.6 Å². The highest BCUT2D eigenvalue weighted by atomic mass is 35.5. The van der Waals surface area contributed by atoms with Crippen LogP contribution in [0.5, 0.6) is 11.5 Å². The van der Waals surface area contributed by atoms with E-state index in [4.69, 9.17) is 25.5 Å². The van der Waals surface area contributed by atoms with Gasteiger partial charge in [-0.15, -0.1) is 0 Å². The van der Waals surface area contributed by atoms with Crippen molar-refractivity contribution in [3.05, 3.63) is 35.0 Å². The van der Waals surface area contributed by atoms with E-state index in [0.717, 1.165) is 5.76 Å². The second-order valence-electron chi connectivity index (χ2n) is 5.23. The molecular weight excluding hydrogens is 326 g/mol. The number of hydrogen-bond donors (Lipinski definition) is 0. The molecule has 0 bridgehead atoms. The van der Waals surface area contributed by atoms with Gasteiger partial charge in [-0.2, -0.15) is 0 Å². The average molecular weight is 342 g/mol. The van der Waals surface area contributed by atoms with Gasteiger partial charge in [0.25, 0.3) is 0 Å². The highest BCUT2D eigenvalue weighted by Crippen LogP contribution is 2.37. The van der Waals surface area contributed by atoms with Gasteiger partial charge in [-0.3, -0.25) is 4.21 Å². The molecule has 0 amide bonds. The molecule has 1 unspecified atom stereocenters. The number of benzene rings is 1. The smallest absolute Gasteiger partial charge is 0.207 e. The van der Waals surface area contributed by atoms with Gasteiger partial charge < -0.3 is 13.9 Å². The lowest BCUT2D eigenvalue weighted by atomic mass is 10.2. The van der Waals surface area contributed by atoms with E-state index in [9.17, 15) is 4.21 Å². The van der Waals surface area contributed by atoms with Gasteiger partial charge in [0.15, 0.2) is 11.5 Å². The Balaban J connectivity index is 1.82. The van der Waals surface area contributed by atoms with Gasteiger partial charge in [-0.1, -0.05) is 25.4 Å². The van der Waals surface area contributed by atoms with Crippen LogP contribution in [0.15, 0.2) is 27.6 Å². The van der Waals surface area contributed by atoms with Crippen molar-refractivity contribution in [2.75, 3.05) is 13.2 Å². The van der Waals surface area contributed by atoms with Crippen molar-refractivity contribution in [2.45, 2.75) is 30.4 Å². The molecule has 2 heterocycles. The maximum Gasteiger partial charge on any atom is 0.207 e. The zero-order chi connectivity index (χ0) is 15.7. The van der Waals surface area contributed by atoms with Gasteiger partial charge in [0.05, 0.1) is 26.9 Å². The van der Waals surface area contributed by atoms with Crippen LogP contribution in [0.25, 0.3) is 0 Å². The summed E-state index contributed by atoms with van der Waals surface area (Å²) in [5.41, 5.74) is 0. The van der Waals surface area contributed by atoms with Crippen LogP contribution in [0.3, 0.4) is 0 Å². The fourth-order valence-corrected chi connectivity index (χ4v) is 3.51. The number of aromatic nitrogens is 1. The van der Waals surface area contributed by atoms with E-state index in [2.05, 4.69) is 4.98 Å². The molecule has 0 fully saturated rings. The van der Waals surface area contributed by atoms with Gasteiger partial charge in [0.2, 0.25) is 5.89 Å². The second kappa shape index (κ2) is 6.30. The summed E-state index contributed by atoms with van der Waals surface area (Å²) >= 11 is 6.20. The van der Waals surface area contributed by atoms with Crippen molar-refractivity contribution in [3.63, 3.8) is 0 Å². The monoisotopic (exact) mass is 341 g/mol. The first kappa shape index (κ1) is 15.4. The Kier molecular flexibility index (Phi) is 4.40. The van der Waals surface area contributed by atoms with E-state index >= 15 is 0 Å². The molecular formula is C15H16ClNO4S. The molecule has 1 aromatic carbocycles. The van der Waals surface area contributed by atoms with Crippen molar-refractivity contribution in [1.29, 1.82) is 0 Å². The Morgan fingerprint density at radius 3 is 2.59 bits per heavy atom. The molecule has 0 N–H and O–H groups in total. The number of oxazole rings is 1. The summed E-state index contributed by atoms with van der Waals surface area (Å²) in [6.07, 6.45) is 1.67. The summed E-state index contributed by atoms with van der Waals surface area (Å²) in [6, 6.07) is 3.30. The Morgan fingerprint density at radius 2 is 1.95 bits per heavy atom. The Labute approximate surface area is 136 Å². The summed E-state index contributed by atoms with van der Waals surface area (Å²) in [5, 5.41) is 0.387. The number of ether oxygens (including phenoxy) is 2. The summed E-state index contributed by atoms with van der Waals surface area (Å²) in [7, 11) is -1.37. The van der Waals surface area contributed by atoms with E-state index in [1.54, 1.807) is 18.3 Å². The molecule has 0 radical (unpaired) electrons. The third-order valence-electron chi connectivity index (χ3n) is 3.24. The number of nitrogens with zero attached hydrogens (tertiary/aromatic N) is 1. The minimum absolute atomic E-state index is 0.173. The molecule has 7 heteroatoms. The van der Waals surface area contributed by atoms with Crippen molar-refractivity contribution >= 4 is 22.4 Å². The lowest BCUT2D eigenvalue weighted by Gasteiger charge is -2.19. The predicted molar refractivity (Wildman–Crippen MR) is 83.1 cm³/mol. The molecule has 0 spiro atoms. The van der Waals surface area contributed by atoms with Crippen LogP contribution in [0.1, 0.15) is 31.4 Å². The summed E-state index contributed by atoms with van der Waals surface area (Å²) in [6.45, 7) is 4.98.